The number of nitrogens with zero attached hydrogens (tertiary/aromatic N) is 4. The molecule has 3 aromatic rings. The van der Waals surface area contributed by atoms with E-state index in [1.165, 1.54) is 10.4 Å². The van der Waals surface area contributed by atoms with E-state index in [4.69, 9.17) is 4.74 Å². The molecule has 0 radical (unpaired) electrons. The van der Waals surface area contributed by atoms with Crippen molar-refractivity contribution < 1.29 is 9.53 Å². The lowest BCUT2D eigenvalue weighted by Crippen LogP contribution is -2.31. The zero-order chi connectivity index (χ0) is 20.7. The number of aryl methyl sites for hydroxylation is 1. The standard InChI is InChI=1S/C22H25N5O2S/c1-14-7-8-30-19(14)13-26-10-15-9-20-24-25-21(27(20)12-16(15)11-26)22(28)23-17-3-5-18(29-2)6-4-17/h3-8,15-16H,9-13H2,1-2H3,(H,23,28)/t15-,16-/m0/s1. The molecule has 7 nitrogen and oxygen atoms in total. The monoisotopic (exact) mass is 423 g/mol. The molecule has 5 rings (SSSR count). The molecule has 0 aliphatic carbocycles. The van der Waals surface area contributed by atoms with E-state index in [9.17, 15) is 4.79 Å². The molecule has 0 saturated carbocycles. The van der Waals surface area contributed by atoms with Crippen molar-refractivity contribution in [1.82, 2.24) is 19.7 Å². The fraction of sp³-hybridized carbons (Fsp3) is 0.409. The summed E-state index contributed by atoms with van der Waals surface area (Å²) in [6.07, 6.45) is 0.882. The minimum absolute atomic E-state index is 0.221. The number of hydrogen-bond acceptors (Lipinski definition) is 6. The number of amides is 1. The van der Waals surface area contributed by atoms with Crippen molar-refractivity contribution in [2.45, 2.75) is 26.4 Å². The number of thiophene rings is 1. The van der Waals surface area contributed by atoms with Crippen molar-refractivity contribution in [1.29, 1.82) is 0 Å². The Morgan fingerprint density at radius 2 is 1.97 bits per heavy atom. The molecule has 1 aromatic carbocycles. The van der Waals surface area contributed by atoms with E-state index in [1.54, 1.807) is 7.11 Å². The fourth-order valence-corrected chi connectivity index (χ4v) is 5.50. The van der Waals surface area contributed by atoms with E-state index in [0.29, 0.717) is 23.3 Å². The van der Waals surface area contributed by atoms with Gasteiger partial charge in [0.2, 0.25) is 5.82 Å². The molecule has 4 heterocycles. The number of rotatable bonds is 5. The van der Waals surface area contributed by atoms with Gasteiger partial charge in [-0.2, -0.15) is 0 Å². The van der Waals surface area contributed by atoms with E-state index in [0.717, 1.165) is 44.2 Å². The molecule has 2 atom stereocenters. The van der Waals surface area contributed by atoms with Crippen molar-refractivity contribution in [2.24, 2.45) is 11.8 Å². The van der Waals surface area contributed by atoms with Gasteiger partial charge in [-0.3, -0.25) is 9.69 Å². The molecule has 1 amide bonds. The largest absolute Gasteiger partial charge is 0.497 e. The third-order valence-electron chi connectivity index (χ3n) is 6.23. The molecular formula is C22H25N5O2S. The highest BCUT2D eigenvalue weighted by molar-refractivity contribution is 7.10. The Bertz CT molecular complexity index is 1060. The van der Waals surface area contributed by atoms with E-state index in [1.807, 2.05) is 40.2 Å². The van der Waals surface area contributed by atoms with Crippen LogP contribution in [0.2, 0.25) is 0 Å². The number of benzene rings is 1. The van der Waals surface area contributed by atoms with Crippen LogP contribution >= 0.6 is 11.3 Å². The Morgan fingerprint density at radius 1 is 1.17 bits per heavy atom. The molecule has 8 heteroatoms. The van der Waals surface area contributed by atoms with Gasteiger partial charge in [0, 0.05) is 43.2 Å². The van der Waals surface area contributed by atoms with Gasteiger partial charge in [0.1, 0.15) is 11.6 Å². The van der Waals surface area contributed by atoms with Gasteiger partial charge in [-0.05, 0) is 60.0 Å². The Hall–Kier alpha value is -2.71. The first-order valence-corrected chi connectivity index (χ1v) is 11.1. The van der Waals surface area contributed by atoms with E-state index in [2.05, 4.69) is 38.8 Å². The number of aromatic nitrogens is 3. The van der Waals surface area contributed by atoms with Crippen molar-refractivity contribution in [2.75, 3.05) is 25.5 Å². The molecule has 0 spiro atoms. The zero-order valence-corrected chi connectivity index (χ0v) is 18.0. The molecule has 30 heavy (non-hydrogen) atoms. The predicted molar refractivity (Wildman–Crippen MR) is 116 cm³/mol. The average molecular weight is 424 g/mol. The summed E-state index contributed by atoms with van der Waals surface area (Å²) in [4.78, 5) is 16.8. The van der Waals surface area contributed by atoms with E-state index < -0.39 is 0 Å². The lowest BCUT2D eigenvalue weighted by Gasteiger charge is -2.25. The maximum absolute atomic E-state index is 12.8. The maximum Gasteiger partial charge on any atom is 0.293 e. The van der Waals surface area contributed by atoms with Crippen LogP contribution in [0.4, 0.5) is 5.69 Å². The Balaban J connectivity index is 1.27. The fourth-order valence-electron chi connectivity index (χ4n) is 4.55. The van der Waals surface area contributed by atoms with Crippen LogP contribution in [-0.4, -0.2) is 45.8 Å². The molecule has 0 bridgehead atoms. The van der Waals surface area contributed by atoms with Crippen LogP contribution in [-0.2, 0) is 19.5 Å². The topological polar surface area (TPSA) is 72.3 Å². The summed E-state index contributed by atoms with van der Waals surface area (Å²) >= 11 is 1.84. The summed E-state index contributed by atoms with van der Waals surface area (Å²) in [5.74, 6) is 2.96. The first-order chi connectivity index (χ1) is 14.6. The number of hydrogen-bond donors (Lipinski definition) is 1. The summed E-state index contributed by atoms with van der Waals surface area (Å²) in [7, 11) is 1.62. The highest BCUT2D eigenvalue weighted by Crippen LogP contribution is 2.34. The number of carbonyl (C=O) groups excluding carboxylic acids is 1. The second-order valence-electron chi connectivity index (χ2n) is 8.18. The number of methoxy groups -OCH3 is 1. The lowest BCUT2D eigenvalue weighted by molar-refractivity contribution is 0.100. The van der Waals surface area contributed by atoms with Crippen molar-refractivity contribution >= 4 is 22.9 Å². The van der Waals surface area contributed by atoms with Crippen LogP contribution in [0.25, 0.3) is 0 Å². The third-order valence-corrected chi connectivity index (χ3v) is 7.24. The summed E-state index contributed by atoms with van der Waals surface area (Å²) in [5.41, 5.74) is 2.09. The lowest BCUT2D eigenvalue weighted by atomic mass is 9.89. The van der Waals surface area contributed by atoms with Crippen LogP contribution in [0.5, 0.6) is 5.75 Å². The summed E-state index contributed by atoms with van der Waals surface area (Å²) in [6, 6.07) is 9.48. The van der Waals surface area contributed by atoms with Crippen molar-refractivity contribution in [3.63, 3.8) is 0 Å². The van der Waals surface area contributed by atoms with Gasteiger partial charge in [-0.15, -0.1) is 21.5 Å². The van der Waals surface area contributed by atoms with Gasteiger partial charge in [-0.1, -0.05) is 0 Å². The molecule has 2 aliphatic rings. The van der Waals surface area contributed by atoms with Crippen molar-refractivity contribution in [3.8, 4) is 5.75 Å². The highest BCUT2D eigenvalue weighted by atomic mass is 32.1. The molecular weight excluding hydrogens is 398 g/mol. The number of fused-ring (bicyclic) bond motifs is 2. The number of anilines is 1. The number of nitrogens with one attached hydrogen (secondary N) is 1. The normalized spacial score (nSPS) is 20.6. The average Bonchev–Trinajstić information content (AvgIpc) is 3.45. The van der Waals surface area contributed by atoms with Crippen LogP contribution in [0, 0.1) is 18.8 Å². The van der Waals surface area contributed by atoms with Gasteiger partial charge in [0.05, 0.1) is 7.11 Å². The zero-order valence-electron chi connectivity index (χ0n) is 17.2. The molecule has 2 aliphatic heterocycles. The summed E-state index contributed by atoms with van der Waals surface area (Å²) in [6.45, 7) is 6.14. The first-order valence-electron chi connectivity index (χ1n) is 10.2. The van der Waals surface area contributed by atoms with Gasteiger partial charge in [0.25, 0.3) is 5.91 Å². The summed E-state index contributed by atoms with van der Waals surface area (Å²) < 4.78 is 7.18. The second kappa shape index (κ2) is 7.85. The molecule has 156 valence electrons. The molecule has 1 saturated heterocycles. The number of carbonyl (C=O) groups is 1. The molecule has 1 fully saturated rings. The van der Waals surface area contributed by atoms with Crippen LogP contribution in [0.1, 0.15) is 26.9 Å². The first kappa shape index (κ1) is 19.3. The van der Waals surface area contributed by atoms with Gasteiger partial charge in [0.15, 0.2) is 0 Å². The minimum Gasteiger partial charge on any atom is -0.497 e. The summed E-state index contributed by atoms with van der Waals surface area (Å²) in [5, 5.41) is 13.6. The minimum atomic E-state index is -0.221. The second-order valence-corrected chi connectivity index (χ2v) is 9.18. The third kappa shape index (κ3) is 3.61. The van der Waals surface area contributed by atoms with E-state index in [-0.39, 0.29) is 5.91 Å². The van der Waals surface area contributed by atoms with Crippen LogP contribution in [0.3, 0.4) is 0 Å². The Morgan fingerprint density at radius 3 is 2.70 bits per heavy atom. The molecule has 0 unspecified atom stereocenters. The smallest absolute Gasteiger partial charge is 0.293 e. The molecule has 2 aromatic heterocycles. The number of likely N-dealkylation sites (tertiary alicyclic amines) is 1. The Labute approximate surface area is 179 Å². The van der Waals surface area contributed by atoms with Gasteiger partial charge >= 0.3 is 0 Å². The maximum atomic E-state index is 12.8. The predicted octanol–water partition coefficient (Wildman–Crippen LogP) is 3.21. The quantitative estimate of drug-likeness (QED) is 0.682. The van der Waals surface area contributed by atoms with E-state index >= 15 is 0 Å². The SMILES string of the molecule is COc1ccc(NC(=O)c2nnc3n2C[C@@H]2CN(Cc4sccc4C)C[C@@H]2C3)cc1. The van der Waals surface area contributed by atoms with Crippen LogP contribution in [0.15, 0.2) is 35.7 Å². The van der Waals surface area contributed by atoms with Crippen molar-refractivity contribution in [3.05, 3.63) is 57.8 Å². The Kier molecular flexibility index (Phi) is 5.04. The van der Waals surface area contributed by atoms with Gasteiger partial charge < -0.3 is 14.6 Å². The number of ether oxygens (including phenoxy) is 1. The highest BCUT2D eigenvalue weighted by Gasteiger charge is 2.39. The van der Waals surface area contributed by atoms with Crippen LogP contribution < -0.4 is 10.1 Å². The molecule has 1 N–H and O–H groups in total. The van der Waals surface area contributed by atoms with Gasteiger partial charge in [-0.25, -0.2) is 0 Å².